The van der Waals surface area contributed by atoms with Gasteiger partial charge in [0.2, 0.25) is 0 Å². The molecule has 1 fully saturated rings. The minimum Gasteiger partial charge on any atom is -0.349 e. The summed E-state index contributed by atoms with van der Waals surface area (Å²) < 4.78 is 0. The van der Waals surface area contributed by atoms with Crippen LogP contribution in [0.15, 0.2) is 30.3 Å². The highest BCUT2D eigenvalue weighted by Gasteiger charge is 2.26. The third-order valence-electron chi connectivity index (χ3n) is 3.86. The van der Waals surface area contributed by atoms with Crippen molar-refractivity contribution in [1.29, 1.82) is 0 Å². The first-order chi connectivity index (χ1) is 9.16. The summed E-state index contributed by atoms with van der Waals surface area (Å²) in [6.45, 7) is 1.06. The molecule has 0 radical (unpaired) electrons. The van der Waals surface area contributed by atoms with Gasteiger partial charge >= 0.3 is 0 Å². The van der Waals surface area contributed by atoms with Crippen LogP contribution in [-0.2, 0) is 0 Å². The minimum atomic E-state index is 0.0660. The van der Waals surface area contributed by atoms with Crippen LogP contribution < -0.4 is 5.32 Å². The monoisotopic (exact) mass is 260 g/mol. The van der Waals surface area contributed by atoms with Crippen LogP contribution in [0.1, 0.15) is 36.0 Å². The highest BCUT2D eigenvalue weighted by molar-refractivity contribution is 5.94. The number of hydrogen-bond donors (Lipinski definition) is 1. The van der Waals surface area contributed by atoms with Crippen molar-refractivity contribution in [1.82, 2.24) is 10.2 Å². The van der Waals surface area contributed by atoms with Crippen molar-refractivity contribution in [2.75, 3.05) is 20.6 Å². The van der Waals surface area contributed by atoms with Crippen LogP contribution in [0.3, 0.4) is 0 Å². The van der Waals surface area contributed by atoms with Gasteiger partial charge in [-0.1, -0.05) is 31.0 Å². The molecule has 19 heavy (non-hydrogen) atoms. The number of benzene rings is 1. The first-order valence-electron chi connectivity index (χ1n) is 7.17. The number of rotatable bonds is 4. The first-order valence-corrected chi connectivity index (χ1v) is 7.17. The predicted molar refractivity (Wildman–Crippen MR) is 78.2 cm³/mol. The van der Waals surface area contributed by atoms with Gasteiger partial charge in [-0.25, -0.2) is 0 Å². The van der Waals surface area contributed by atoms with Crippen molar-refractivity contribution in [3.63, 3.8) is 0 Å². The summed E-state index contributed by atoms with van der Waals surface area (Å²) in [5, 5.41) is 3.22. The average molecular weight is 260 g/mol. The number of carbonyl (C=O) groups excluding carboxylic acids is 1. The summed E-state index contributed by atoms with van der Waals surface area (Å²) in [6.07, 6.45) is 4.84. The highest BCUT2D eigenvalue weighted by Crippen LogP contribution is 2.25. The highest BCUT2D eigenvalue weighted by atomic mass is 16.1. The first kappa shape index (κ1) is 14.1. The molecule has 1 aromatic rings. The van der Waals surface area contributed by atoms with E-state index in [1.165, 1.54) is 19.3 Å². The number of carbonyl (C=O) groups is 1. The van der Waals surface area contributed by atoms with Gasteiger partial charge < -0.3 is 10.2 Å². The zero-order valence-corrected chi connectivity index (χ0v) is 11.9. The molecule has 1 amide bonds. The molecule has 2 rings (SSSR count). The molecule has 0 heterocycles. The van der Waals surface area contributed by atoms with Crippen LogP contribution >= 0.6 is 0 Å². The molecule has 1 aromatic carbocycles. The van der Waals surface area contributed by atoms with E-state index in [9.17, 15) is 4.79 Å². The minimum absolute atomic E-state index is 0.0660. The third-order valence-corrected chi connectivity index (χ3v) is 3.86. The van der Waals surface area contributed by atoms with Crippen LogP contribution in [0.25, 0.3) is 0 Å². The quantitative estimate of drug-likeness (QED) is 0.902. The molecular weight excluding hydrogens is 236 g/mol. The third kappa shape index (κ3) is 4.06. The summed E-state index contributed by atoms with van der Waals surface area (Å²) in [5.41, 5.74) is 0.761. The smallest absolute Gasteiger partial charge is 0.251 e. The molecule has 0 saturated heterocycles. The molecule has 2 atom stereocenters. The number of hydrogen-bond acceptors (Lipinski definition) is 2. The van der Waals surface area contributed by atoms with Gasteiger partial charge in [0.05, 0.1) is 0 Å². The molecule has 0 bridgehead atoms. The maximum atomic E-state index is 12.2. The molecule has 104 valence electrons. The summed E-state index contributed by atoms with van der Waals surface area (Å²) >= 11 is 0. The Hall–Kier alpha value is -1.35. The van der Waals surface area contributed by atoms with Gasteiger partial charge in [-0.3, -0.25) is 4.79 Å². The zero-order chi connectivity index (χ0) is 13.7. The molecule has 1 N–H and O–H groups in total. The number of amides is 1. The molecule has 0 unspecified atom stereocenters. The van der Waals surface area contributed by atoms with Crippen LogP contribution in [-0.4, -0.2) is 37.5 Å². The fourth-order valence-electron chi connectivity index (χ4n) is 2.93. The second-order valence-corrected chi connectivity index (χ2v) is 5.75. The van der Waals surface area contributed by atoms with E-state index in [2.05, 4.69) is 24.3 Å². The van der Waals surface area contributed by atoms with Crippen LogP contribution in [0, 0.1) is 5.92 Å². The van der Waals surface area contributed by atoms with E-state index in [1.807, 2.05) is 30.3 Å². The summed E-state index contributed by atoms with van der Waals surface area (Å²) in [6, 6.07) is 9.83. The Morgan fingerprint density at radius 3 is 2.58 bits per heavy atom. The molecule has 0 spiro atoms. The lowest BCUT2D eigenvalue weighted by Gasteiger charge is -2.34. The fraction of sp³-hybridized carbons (Fsp3) is 0.562. The van der Waals surface area contributed by atoms with Crippen LogP contribution in [0.4, 0.5) is 0 Å². The van der Waals surface area contributed by atoms with Gasteiger partial charge in [-0.2, -0.15) is 0 Å². The lowest BCUT2D eigenvalue weighted by atomic mass is 9.84. The van der Waals surface area contributed by atoms with Gasteiger partial charge in [0.15, 0.2) is 0 Å². The lowest BCUT2D eigenvalue weighted by Crippen LogP contribution is -2.45. The SMILES string of the molecule is CN(C)C[C@@H]1CCCC[C@H]1NC(=O)c1ccccc1. The van der Waals surface area contributed by atoms with Gasteiger partial charge in [-0.15, -0.1) is 0 Å². The van der Waals surface area contributed by atoms with Crippen molar-refractivity contribution in [3.8, 4) is 0 Å². The Morgan fingerprint density at radius 1 is 1.21 bits per heavy atom. The normalized spacial score (nSPS) is 23.3. The van der Waals surface area contributed by atoms with Gasteiger partial charge in [-0.05, 0) is 45.0 Å². The van der Waals surface area contributed by atoms with Gasteiger partial charge in [0.1, 0.15) is 0 Å². The summed E-state index contributed by atoms with van der Waals surface area (Å²) in [5.74, 6) is 0.646. The van der Waals surface area contributed by atoms with Crippen molar-refractivity contribution >= 4 is 5.91 Å². The second-order valence-electron chi connectivity index (χ2n) is 5.75. The molecule has 3 nitrogen and oxygen atoms in total. The maximum absolute atomic E-state index is 12.2. The van der Waals surface area contributed by atoms with Gasteiger partial charge in [0.25, 0.3) is 5.91 Å². The van der Waals surface area contributed by atoms with E-state index in [0.29, 0.717) is 12.0 Å². The maximum Gasteiger partial charge on any atom is 0.251 e. The molecule has 3 heteroatoms. The molecule has 0 aliphatic heterocycles. The largest absolute Gasteiger partial charge is 0.349 e. The van der Waals surface area contributed by atoms with E-state index in [4.69, 9.17) is 0 Å². The van der Waals surface area contributed by atoms with Crippen molar-refractivity contribution in [2.24, 2.45) is 5.92 Å². The molecular formula is C16H24N2O. The Balaban J connectivity index is 1.97. The Kier molecular flexibility index (Phi) is 4.97. The number of nitrogens with one attached hydrogen (secondary N) is 1. The molecule has 1 saturated carbocycles. The Bertz CT molecular complexity index is 402. The van der Waals surface area contributed by atoms with Crippen molar-refractivity contribution < 1.29 is 4.79 Å². The second kappa shape index (κ2) is 6.71. The van der Waals surface area contributed by atoms with E-state index in [-0.39, 0.29) is 5.91 Å². The predicted octanol–water partition coefficient (Wildman–Crippen LogP) is 2.54. The average Bonchev–Trinajstić information content (AvgIpc) is 2.41. The van der Waals surface area contributed by atoms with Crippen LogP contribution in [0.5, 0.6) is 0 Å². The van der Waals surface area contributed by atoms with E-state index >= 15 is 0 Å². The zero-order valence-electron chi connectivity index (χ0n) is 11.9. The molecule has 1 aliphatic carbocycles. The fourth-order valence-corrected chi connectivity index (χ4v) is 2.93. The Labute approximate surface area is 116 Å². The summed E-state index contributed by atoms with van der Waals surface area (Å²) in [4.78, 5) is 14.4. The standard InChI is InChI=1S/C16H24N2O/c1-18(2)12-14-10-6-7-11-15(14)17-16(19)13-8-4-3-5-9-13/h3-5,8-9,14-15H,6-7,10-12H2,1-2H3,(H,17,19)/t14-,15+/m0/s1. The van der Waals surface area contributed by atoms with Crippen molar-refractivity contribution in [3.05, 3.63) is 35.9 Å². The molecule has 0 aromatic heterocycles. The van der Waals surface area contributed by atoms with Crippen LogP contribution in [0.2, 0.25) is 0 Å². The number of nitrogens with zero attached hydrogens (tertiary/aromatic N) is 1. The molecule has 1 aliphatic rings. The van der Waals surface area contributed by atoms with E-state index in [0.717, 1.165) is 18.5 Å². The lowest BCUT2D eigenvalue weighted by molar-refractivity contribution is 0.0895. The van der Waals surface area contributed by atoms with Crippen molar-refractivity contribution in [2.45, 2.75) is 31.7 Å². The van der Waals surface area contributed by atoms with E-state index < -0.39 is 0 Å². The topological polar surface area (TPSA) is 32.3 Å². The summed E-state index contributed by atoms with van der Waals surface area (Å²) in [7, 11) is 4.20. The van der Waals surface area contributed by atoms with Gasteiger partial charge in [0, 0.05) is 18.2 Å². The Morgan fingerprint density at radius 2 is 1.89 bits per heavy atom. The van der Waals surface area contributed by atoms with E-state index in [1.54, 1.807) is 0 Å².